The Hall–Kier alpha value is -1.95. The third-order valence-electron chi connectivity index (χ3n) is 5.39. The third-order valence-corrected chi connectivity index (χ3v) is 5.39. The number of amidine groups is 1. The summed E-state index contributed by atoms with van der Waals surface area (Å²) < 4.78 is 0. The molecule has 1 amide bonds. The summed E-state index contributed by atoms with van der Waals surface area (Å²) in [4.78, 5) is 23.2. The molecule has 26 heavy (non-hydrogen) atoms. The first-order chi connectivity index (χ1) is 12.5. The average molecular weight is 360 g/mol. The molecule has 3 rings (SSSR count). The molecular weight excluding hydrogens is 326 g/mol. The van der Waals surface area contributed by atoms with Gasteiger partial charge < -0.3 is 16.0 Å². The van der Waals surface area contributed by atoms with E-state index in [0.29, 0.717) is 17.6 Å². The molecule has 2 fully saturated rings. The summed E-state index contributed by atoms with van der Waals surface area (Å²) >= 11 is 0. The summed E-state index contributed by atoms with van der Waals surface area (Å²) in [5.41, 5.74) is 7.03. The van der Waals surface area contributed by atoms with E-state index in [1.54, 1.807) is 6.92 Å². The molecule has 1 aromatic rings. The van der Waals surface area contributed by atoms with Crippen molar-refractivity contribution in [2.75, 3.05) is 18.0 Å². The minimum atomic E-state index is -0.310. The van der Waals surface area contributed by atoms with Crippen LogP contribution in [0.3, 0.4) is 0 Å². The van der Waals surface area contributed by atoms with Crippen molar-refractivity contribution in [1.82, 2.24) is 10.3 Å². The van der Waals surface area contributed by atoms with E-state index in [2.05, 4.69) is 20.2 Å². The van der Waals surface area contributed by atoms with Crippen LogP contribution in [0.4, 0.5) is 5.82 Å². The summed E-state index contributed by atoms with van der Waals surface area (Å²) in [7, 11) is 0. The highest BCUT2D eigenvalue weighted by atomic mass is 16.1. The average Bonchev–Trinajstić information content (AvgIpc) is 2.62. The summed E-state index contributed by atoms with van der Waals surface area (Å²) in [6.45, 7) is 5.40. The monoisotopic (exact) mass is 359 g/mol. The number of aliphatic imine (C=N–C) groups is 1. The quantitative estimate of drug-likeness (QED) is 0.638. The second-order valence-electron chi connectivity index (χ2n) is 7.65. The van der Waals surface area contributed by atoms with E-state index in [1.165, 1.54) is 32.1 Å². The number of nitrogens with zero attached hydrogens (tertiary/aromatic N) is 3. The molecule has 1 aliphatic heterocycles. The van der Waals surface area contributed by atoms with Crippen LogP contribution >= 0.6 is 0 Å². The van der Waals surface area contributed by atoms with Gasteiger partial charge in [0.05, 0.1) is 5.56 Å². The van der Waals surface area contributed by atoms with Crippen LogP contribution in [0.1, 0.15) is 69.3 Å². The Kier molecular flexibility index (Phi) is 6.25. The number of amides is 1. The lowest BCUT2D eigenvalue weighted by Crippen LogP contribution is -2.47. The summed E-state index contributed by atoms with van der Waals surface area (Å²) in [5.74, 6) is 0.711. The molecule has 0 atom stereocenters. The predicted octanol–water partition coefficient (Wildman–Crippen LogP) is 3.04. The molecule has 1 aromatic heterocycles. The number of hydrogen-bond donors (Lipinski definition) is 2. The molecule has 0 radical (unpaired) electrons. The zero-order chi connectivity index (χ0) is 18.5. The minimum absolute atomic E-state index is 0. The fourth-order valence-corrected chi connectivity index (χ4v) is 4.03. The SMILES string of the molecule is CC(N)=NC(=O)c1ccc(C)nc1N1CCC(NC2CCCCC2)CC1.[HH]. The maximum Gasteiger partial charge on any atom is 0.282 e. The Morgan fingerprint density at radius 2 is 1.85 bits per heavy atom. The number of anilines is 1. The topological polar surface area (TPSA) is 83.6 Å². The van der Waals surface area contributed by atoms with Gasteiger partial charge in [-0.25, -0.2) is 4.98 Å². The van der Waals surface area contributed by atoms with Gasteiger partial charge in [-0.2, -0.15) is 4.99 Å². The molecular formula is C20H33N5O. The van der Waals surface area contributed by atoms with Gasteiger partial charge in [0, 0.05) is 32.3 Å². The van der Waals surface area contributed by atoms with Gasteiger partial charge in [-0.1, -0.05) is 19.3 Å². The Morgan fingerprint density at radius 1 is 1.19 bits per heavy atom. The molecule has 144 valence electrons. The summed E-state index contributed by atoms with van der Waals surface area (Å²) in [6.07, 6.45) is 8.89. The second kappa shape index (κ2) is 8.62. The zero-order valence-corrected chi connectivity index (χ0v) is 16.0. The van der Waals surface area contributed by atoms with Crippen molar-refractivity contribution in [3.8, 4) is 0 Å². The lowest BCUT2D eigenvalue weighted by atomic mass is 9.93. The molecule has 1 saturated carbocycles. The van der Waals surface area contributed by atoms with E-state index in [0.717, 1.165) is 37.4 Å². The number of aryl methyl sites for hydroxylation is 1. The number of aromatic nitrogens is 1. The van der Waals surface area contributed by atoms with Crippen molar-refractivity contribution in [3.05, 3.63) is 23.4 Å². The minimum Gasteiger partial charge on any atom is -0.387 e. The maximum absolute atomic E-state index is 12.4. The number of carbonyl (C=O) groups excluding carboxylic acids is 1. The summed E-state index contributed by atoms with van der Waals surface area (Å²) in [5, 5.41) is 3.85. The van der Waals surface area contributed by atoms with Crippen LogP contribution in [-0.4, -0.2) is 41.9 Å². The van der Waals surface area contributed by atoms with E-state index in [4.69, 9.17) is 5.73 Å². The fourth-order valence-electron chi connectivity index (χ4n) is 4.03. The predicted molar refractivity (Wildman–Crippen MR) is 108 cm³/mol. The molecule has 6 heteroatoms. The normalized spacial score (nSPS) is 20.4. The standard InChI is InChI=1S/C20H31N5O.H2/c1-14-8-9-18(20(26)23-15(2)21)19(22-14)25-12-10-17(11-13-25)24-16-6-4-3-5-7-16;/h8-9,16-17,24H,3-7,10-13H2,1-2H3,(H2,21,23,26);1H. The summed E-state index contributed by atoms with van der Waals surface area (Å²) in [6, 6.07) is 4.94. The molecule has 2 heterocycles. The molecule has 0 spiro atoms. The van der Waals surface area contributed by atoms with Gasteiger partial charge in [0.25, 0.3) is 5.91 Å². The number of hydrogen-bond acceptors (Lipinski definition) is 4. The van der Waals surface area contributed by atoms with Gasteiger partial charge in [-0.15, -0.1) is 0 Å². The number of carbonyl (C=O) groups is 1. The Morgan fingerprint density at radius 3 is 2.50 bits per heavy atom. The van der Waals surface area contributed by atoms with Crippen LogP contribution in [0.25, 0.3) is 0 Å². The number of pyridine rings is 1. The highest BCUT2D eigenvalue weighted by Gasteiger charge is 2.26. The van der Waals surface area contributed by atoms with E-state index in [1.807, 2.05) is 19.1 Å². The molecule has 2 aliphatic rings. The van der Waals surface area contributed by atoms with Gasteiger partial charge in [-0.05, 0) is 51.7 Å². The molecule has 3 N–H and O–H groups in total. The number of nitrogens with one attached hydrogen (secondary N) is 1. The van der Waals surface area contributed by atoms with E-state index in [-0.39, 0.29) is 13.2 Å². The van der Waals surface area contributed by atoms with Crippen LogP contribution in [0, 0.1) is 6.92 Å². The van der Waals surface area contributed by atoms with Crippen LogP contribution in [0.5, 0.6) is 0 Å². The van der Waals surface area contributed by atoms with Gasteiger partial charge in [-0.3, -0.25) is 4.79 Å². The maximum atomic E-state index is 12.4. The second-order valence-corrected chi connectivity index (χ2v) is 7.65. The molecule has 1 saturated heterocycles. The van der Waals surface area contributed by atoms with Gasteiger partial charge in [0.2, 0.25) is 0 Å². The largest absolute Gasteiger partial charge is 0.387 e. The van der Waals surface area contributed by atoms with Crippen LogP contribution in [-0.2, 0) is 0 Å². The van der Waals surface area contributed by atoms with Crippen molar-refractivity contribution in [2.24, 2.45) is 10.7 Å². The first-order valence-electron chi connectivity index (χ1n) is 9.86. The van der Waals surface area contributed by atoms with Crippen molar-refractivity contribution in [2.45, 2.75) is 70.9 Å². The fraction of sp³-hybridized carbons (Fsp3) is 0.650. The number of nitrogens with two attached hydrogens (primary N) is 1. The number of rotatable bonds is 4. The van der Waals surface area contributed by atoms with E-state index in [9.17, 15) is 4.79 Å². The molecule has 1 aliphatic carbocycles. The van der Waals surface area contributed by atoms with Gasteiger partial charge >= 0.3 is 0 Å². The van der Waals surface area contributed by atoms with Crippen molar-refractivity contribution in [3.63, 3.8) is 0 Å². The Bertz CT molecular complexity index is 660. The van der Waals surface area contributed by atoms with Crippen LogP contribution in [0.2, 0.25) is 0 Å². The number of piperidine rings is 1. The Balaban J connectivity index is 0.00000261. The smallest absolute Gasteiger partial charge is 0.282 e. The van der Waals surface area contributed by atoms with Crippen molar-refractivity contribution < 1.29 is 6.22 Å². The van der Waals surface area contributed by atoms with E-state index < -0.39 is 0 Å². The molecule has 6 nitrogen and oxygen atoms in total. The molecule has 0 bridgehead atoms. The van der Waals surface area contributed by atoms with Crippen molar-refractivity contribution >= 4 is 17.6 Å². The van der Waals surface area contributed by atoms with Gasteiger partial charge in [0.15, 0.2) is 0 Å². The highest BCUT2D eigenvalue weighted by molar-refractivity contribution is 6.05. The molecule has 0 unspecified atom stereocenters. The highest BCUT2D eigenvalue weighted by Crippen LogP contribution is 2.25. The Labute approximate surface area is 157 Å². The first kappa shape index (κ1) is 18.8. The third kappa shape index (κ3) is 4.81. The first-order valence-corrected chi connectivity index (χ1v) is 9.86. The van der Waals surface area contributed by atoms with Crippen LogP contribution in [0.15, 0.2) is 17.1 Å². The van der Waals surface area contributed by atoms with Crippen molar-refractivity contribution in [1.29, 1.82) is 0 Å². The lowest BCUT2D eigenvalue weighted by Gasteiger charge is -2.36. The van der Waals surface area contributed by atoms with Crippen LogP contribution < -0.4 is 16.0 Å². The van der Waals surface area contributed by atoms with Gasteiger partial charge in [0.1, 0.15) is 11.7 Å². The lowest BCUT2D eigenvalue weighted by molar-refractivity contribution is 0.100. The van der Waals surface area contributed by atoms with E-state index >= 15 is 0 Å². The molecule has 0 aromatic carbocycles. The zero-order valence-electron chi connectivity index (χ0n) is 16.0.